The third-order valence-electron chi connectivity index (χ3n) is 7.93. The number of carbonyl (C=O) groups excluding carboxylic acids is 1. The Morgan fingerprint density at radius 3 is 2.86 bits per heavy atom. The van der Waals surface area contributed by atoms with Crippen LogP contribution < -0.4 is 10.1 Å². The van der Waals surface area contributed by atoms with Crippen molar-refractivity contribution in [1.82, 2.24) is 15.2 Å². The molecule has 2 atom stereocenters. The van der Waals surface area contributed by atoms with Gasteiger partial charge in [-0.15, -0.1) is 0 Å². The second-order valence-electron chi connectivity index (χ2n) is 10.7. The fourth-order valence-corrected chi connectivity index (χ4v) is 5.51. The van der Waals surface area contributed by atoms with Crippen molar-refractivity contribution >= 4 is 16.8 Å². The van der Waals surface area contributed by atoms with Gasteiger partial charge in [0, 0.05) is 42.1 Å². The van der Waals surface area contributed by atoms with E-state index in [0.717, 1.165) is 61.8 Å². The van der Waals surface area contributed by atoms with E-state index in [1.54, 1.807) is 12.5 Å². The number of aliphatic hydroxyl groups excluding tert-OH is 1. The fourth-order valence-electron chi connectivity index (χ4n) is 5.51. The van der Waals surface area contributed by atoms with Crippen molar-refractivity contribution in [2.75, 3.05) is 19.6 Å². The lowest BCUT2D eigenvalue weighted by Crippen LogP contribution is -2.47. The molecule has 4 N–H and O–H groups in total. The molecule has 3 heterocycles. The molecular weight excluding hydrogens is 458 g/mol. The van der Waals surface area contributed by atoms with Crippen LogP contribution in [-0.4, -0.2) is 63.4 Å². The van der Waals surface area contributed by atoms with Gasteiger partial charge in [-0.2, -0.15) is 0 Å². The van der Waals surface area contributed by atoms with Crippen LogP contribution in [0.4, 0.5) is 0 Å². The van der Waals surface area contributed by atoms with Crippen LogP contribution in [0.25, 0.3) is 10.9 Å². The molecule has 1 aromatic carbocycles. The van der Waals surface area contributed by atoms with Crippen molar-refractivity contribution in [3.05, 3.63) is 54.1 Å². The van der Waals surface area contributed by atoms with Crippen molar-refractivity contribution in [3.63, 3.8) is 0 Å². The maximum Gasteiger partial charge on any atom is 0.267 e. The number of carbonyl (C=O) groups is 1. The van der Waals surface area contributed by atoms with Gasteiger partial charge in [0.2, 0.25) is 0 Å². The van der Waals surface area contributed by atoms with Crippen LogP contribution in [0.1, 0.15) is 61.5 Å². The number of fused-ring (bicyclic) bond motifs is 1. The molecule has 1 aliphatic carbocycles. The predicted octanol–water partition coefficient (Wildman–Crippen LogP) is 3.84. The maximum atomic E-state index is 13.0. The first-order chi connectivity index (χ1) is 17.4. The van der Waals surface area contributed by atoms with Gasteiger partial charge in [0.05, 0.1) is 24.2 Å². The Hall–Kier alpha value is -2.81. The molecule has 8 heteroatoms. The van der Waals surface area contributed by atoms with Gasteiger partial charge in [0.25, 0.3) is 5.91 Å². The summed E-state index contributed by atoms with van der Waals surface area (Å²) in [6.45, 7) is 5.11. The Morgan fingerprint density at radius 2 is 2.11 bits per heavy atom. The average molecular weight is 496 g/mol. The van der Waals surface area contributed by atoms with E-state index in [2.05, 4.69) is 22.1 Å². The highest BCUT2D eigenvalue weighted by Gasteiger charge is 2.35. The predicted molar refractivity (Wildman–Crippen MR) is 137 cm³/mol. The Balaban J connectivity index is 1.13. The molecule has 0 spiro atoms. The monoisotopic (exact) mass is 495 g/mol. The highest BCUT2D eigenvalue weighted by molar-refractivity contribution is 5.99. The molecule has 0 unspecified atom stereocenters. The number of hydrogen-bond acceptors (Lipinski definition) is 6. The van der Waals surface area contributed by atoms with Gasteiger partial charge in [-0.1, -0.05) is 13.0 Å². The largest absolute Gasteiger partial charge is 0.488 e. The summed E-state index contributed by atoms with van der Waals surface area (Å²) in [5.74, 6) is 0.857. The second-order valence-corrected chi connectivity index (χ2v) is 10.7. The van der Waals surface area contributed by atoms with E-state index in [1.165, 1.54) is 0 Å². The molecular formula is C28H37N3O5. The van der Waals surface area contributed by atoms with Crippen LogP contribution in [-0.2, 0) is 6.61 Å². The highest BCUT2D eigenvalue weighted by atomic mass is 16.5. The third kappa shape index (κ3) is 5.77. The zero-order chi connectivity index (χ0) is 25.1. The summed E-state index contributed by atoms with van der Waals surface area (Å²) in [5.41, 5.74) is 1.62. The summed E-state index contributed by atoms with van der Waals surface area (Å²) in [5, 5.41) is 25.1. The maximum absolute atomic E-state index is 13.0. The minimum atomic E-state index is -0.678. The molecule has 2 aromatic heterocycles. The van der Waals surface area contributed by atoms with Gasteiger partial charge in [0.15, 0.2) is 0 Å². The first-order valence-corrected chi connectivity index (χ1v) is 13.1. The fraction of sp³-hybridized carbons (Fsp3) is 0.536. The summed E-state index contributed by atoms with van der Waals surface area (Å²) < 4.78 is 11.0. The van der Waals surface area contributed by atoms with Gasteiger partial charge in [0.1, 0.15) is 18.1 Å². The summed E-state index contributed by atoms with van der Waals surface area (Å²) in [7, 11) is 0. The van der Waals surface area contributed by atoms with Gasteiger partial charge < -0.3 is 34.6 Å². The molecule has 0 radical (unpaired) electrons. The SMILES string of the molecule is C[C@H]1CN(CCC2(O)CCC(NC(=O)c3cc4c(OCc5ccoc5)cccc4[nH]3)CC2)CC[C@@H]1O. The van der Waals surface area contributed by atoms with Crippen LogP contribution in [0.2, 0.25) is 0 Å². The molecule has 5 rings (SSSR count). The normalized spacial score (nSPS) is 27.2. The summed E-state index contributed by atoms with van der Waals surface area (Å²) >= 11 is 0. The Labute approximate surface area is 211 Å². The van der Waals surface area contributed by atoms with E-state index in [0.29, 0.717) is 30.9 Å². The number of aromatic nitrogens is 1. The quantitative estimate of drug-likeness (QED) is 0.378. The molecule has 1 saturated heterocycles. The second kappa shape index (κ2) is 10.7. The zero-order valence-electron chi connectivity index (χ0n) is 20.9. The van der Waals surface area contributed by atoms with Crippen LogP contribution in [0.3, 0.4) is 0 Å². The van der Waals surface area contributed by atoms with Crippen molar-refractivity contribution in [3.8, 4) is 5.75 Å². The molecule has 194 valence electrons. The Morgan fingerprint density at radius 1 is 1.28 bits per heavy atom. The molecule has 8 nitrogen and oxygen atoms in total. The van der Waals surface area contributed by atoms with E-state index in [1.807, 2.05) is 30.3 Å². The van der Waals surface area contributed by atoms with E-state index < -0.39 is 5.60 Å². The molecule has 0 bridgehead atoms. The standard InChI is InChI=1S/C28H37N3O5/c1-19-16-31(12-7-25(19)32)13-11-28(34)9-5-21(6-10-28)29-27(33)24-15-22-23(30-24)3-2-4-26(22)36-18-20-8-14-35-17-20/h2-4,8,14-15,17,19,21,25,30,32,34H,5-7,9-13,16,18H2,1H3,(H,29,33)/t19-,21?,25-,28?/m0/s1. The molecule has 2 fully saturated rings. The lowest BCUT2D eigenvalue weighted by molar-refractivity contribution is -0.0272. The number of nitrogens with one attached hydrogen (secondary N) is 2. The van der Waals surface area contributed by atoms with Gasteiger partial charge in [-0.05, 0) is 68.7 Å². The topological polar surface area (TPSA) is 111 Å². The number of aromatic amines is 1. The number of amides is 1. The first-order valence-electron chi connectivity index (χ1n) is 13.1. The molecule has 36 heavy (non-hydrogen) atoms. The number of hydrogen-bond donors (Lipinski definition) is 4. The van der Waals surface area contributed by atoms with Crippen molar-refractivity contribution < 1.29 is 24.2 Å². The number of ether oxygens (including phenoxy) is 1. The van der Waals surface area contributed by atoms with Gasteiger partial charge in [-0.25, -0.2) is 0 Å². The van der Waals surface area contributed by atoms with Crippen molar-refractivity contribution in [1.29, 1.82) is 0 Å². The lowest BCUT2D eigenvalue weighted by atomic mass is 9.80. The summed E-state index contributed by atoms with van der Waals surface area (Å²) in [6.07, 6.45) is 7.49. The number of furan rings is 1. The Kier molecular flexibility index (Phi) is 7.37. The van der Waals surface area contributed by atoms with Crippen molar-refractivity contribution in [2.45, 2.75) is 69.8 Å². The highest BCUT2D eigenvalue weighted by Crippen LogP contribution is 2.32. The minimum absolute atomic E-state index is 0.0474. The van der Waals surface area contributed by atoms with Gasteiger partial charge >= 0.3 is 0 Å². The number of likely N-dealkylation sites (tertiary alicyclic amines) is 1. The minimum Gasteiger partial charge on any atom is -0.488 e. The van der Waals surface area contributed by atoms with E-state index >= 15 is 0 Å². The van der Waals surface area contributed by atoms with Crippen LogP contribution in [0, 0.1) is 5.92 Å². The average Bonchev–Trinajstić information content (AvgIpc) is 3.55. The molecule has 1 saturated carbocycles. The zero-order valence-corrected chi connectivity index (χ0v) is 20.9. The van der Waals surface area contributed by atoms with E-state index in [4.69, 9.17) is 9.15 Å². The number of benzene rings is 1. The van der Waals surface area contributed by atoms with Gasteiger partial charge in [-0.3, -0.25) is 4.79 Å². The molecule has 2 aliphatic rings. The van der Waals surface area contributed by atoms with Crippen LogP contribution >= 0.6 is 0 Å². The van der Waals surface area contributed by atoms with Crippen LogP contribution in [0.15, 0.2) is 47.3 Å². The first kappa shape index (κ1) is 24.9. The Bertz CT molecular complexity index is 1150. The van der Waals surface area contributed by atoms with Crippen LogP contribution in [0.5, 0.6) is 5.75 Å². The number of H-pyrrole nitrogens is 1. The molecule has 3 aromatic rings. The van der Waals surface area contributed by atoms with E-state index in [-0.39, 0.29) is 24.0 Å². The number of rotatable bonds is 8. The number of nitrogens with zero attached hydrogens (tertiary/aromatic N) is 1. The lowest BCUT2D eigenvalue weighted by Gasteiger charge is -2.39. The molecule has 1 aliphatic heterocycles. The van der Waals surface area contributed by atoms with E-state index in [9.17, 15) is 15.0 Å². The third-order valence-corrected chi connectivity index (χ3v) is 7.93. The number of aliphatic hydroxyl groups is 2. The summed E-state index contributed by atoms with van der Waals surface area (Å²) in [6, 6.07) is 9.48. The summed E-state index contributed by atoms with van der Waals surface area (Å²) in [4.78, 5) is 18.6. The molecule has 1 amide bonds. The smallest absolute Gasteiger partial charge is 0.267 e. The van der Waals surface area contributed by atoms with Crippen molar-refractivity contribution in [2.24, 2.45) is 5.92 Å². The number of piperidine rings is 1.